The first-order valence-electron chi connectivity index (χ1n) is 5.00. The molecule has 0 saturated carbocycles. The molecule has 90 valence electrons. The van der Waals surface area contributed by atoms with Crippen LogP contribution < -0.4 is 5.73 Å². The zero-order chi connectivity index (χ0) is 12.4. The van der Waals surface area contributed by atoms with E-state index < -0.39 is 0 Å². The number of halogens is 3. The van der Waals surface area contributed by atoms with Crippen LogP contribution in [0.3, 0.4) is 0 Å². The molecule has 0 saturated heterocycles. The van der Waals surface area contributed by atoms with Crippen LogP contribution in [0.5, 0.6) is 0 Å². The first-order valence-corrected chi connectivity index (χ1v) is 7.05. The maximum atomic E-state index is 13.6. The minimum Gasteiger partial charge on any atom is -0.323 e. The average Bonchev–Trinajstić information content (AvgIpc) is 2.70. The molecular weight excluding hydrogens is 325 g/mol. The lowest BCUT2D eigenvalue weighted by Gasteiger charge is -2.11. The van der Waals surface area contributed by atoms with Crippen molar-refractivity contribution in [1.82, 2.24) is 0 Å². The van der Waals surface area contributed by atoms with Gasteiger partial charge in [-0.1, -0.05) is 17.7 Å². The highest BCUT2D eigenvalue weighted by molar-refractivity contribution is 9.10. The van der Waals surface area contributed by atoms with Gasteiger partial charge in [-0.3, -0.25) is 0 Å². The van der Waals surface area contributed by atoms with Crippen molar-refractivity contribution in [3.63, 3.8) is 0 Å². The molecular formula is C12H10BrClFNS. The van der Waals surface area contributed by atoms with Gasteiger partial charge in [0.05, 0.1) is 0 Å². The number of hydrogen-bond donors (Lipinski definition) is 1. The van der Waals surface area contributed by atoms with Gasteiger partial charge in [0.1, 0.15) is 5.82 Å². The van der Waals surface area contributed by atoms with Crippen LogP contribution in [-0.2, 0) is 6.42 Å². The second kappa shape index (κ2) is 5.48. The lowest BCUT2D eigenvalue weighted by atomic mass is 10.0. The molecule has 0 amide bonds. The van der Waals surface area contributed by atoms with E-state index in [1.807, 2.05) is 11.4 Å². The Morgan fingerprint density at radius 2 is 2.24 bits per heavy atom. The second-order valence-electron chi connectivity index (χ2n) is 3.68. The predicted octanol–water partition coefficient (Wildman–Crippen LogP) is 4.55. The van der Waals surface area contributed by atoms with Gasteiger partial charge in [-0.2, -0.15) is 0 Å². The predicted molar refractivity (Wildman–Crippen MR) is 74.1 cm³/mol. The minimum atomic E-state index is -0.302. The molecule has 2 N–H and O–H groups in total. The molecule has 17 heavy (non-hydrogen) atoms. The van der Waals surface area contributed by atoms with Gasteiger partial charge < -0.3 is 5.73 Å². The van der Waals surface area contributed by atoms with Gasteiger partial charge in [0.15, 0.2) is 0 Å². The molecule has 2 rings (SSSR count). The molecule has 0 fully saturated rings. The van der Waals surface area contributed by atoms with Gasteiger partial charge in [0.25, 0.3) is 0 Å². The van der Waals surface area contributed by atoms with Gasteiger partial charge in [-0.15, -0.1) is 11.3 Å². The molecule has 0 aliphatic carbocycles. The highest BCUT2D eigenvalue weighted by Crippen LogP contribution is 2.29. The van der Waals surface area contributed by atoms with E-state index in [4.69, 9.17) is 17.3 Å². The molecule has 0 spiro atoms. The van der Waals surface area contributed by atoms with E-state index in [1.165, 1.54) is 6.07 Å². The number of hydrogen-bond acceptors (Lipinski definition) is 2. The van der Waals surface area contributed by atoms with Crippen LogP contribution in [0, 0.1) is 5.82 Å². The van der Waals surface area contributed by atoms with Crippen molar-refractivity contribution < 1.29 is 4.39 Å². The summed E-state index contributed by atoms with van der Waals surface area (Å²) in [6.45, 7) is 0. The Morgan fingerprint density at radius 1 is 1.47 bits per heavy atom. The average molecular weight is 335 g/mol. The molecule has 2 aromatic rings. The van der Waals surface area contributed by atoms with Crippen LogP contribution in [-0.4, -0.2) is 0 Å². The second-order valence-corrected chi connectivity index (χ2v) is 5.94. The Hall–Kier alpha value is -0.420. The third-order valence-corrected chi connectivity index (χ3v) is 4.62. The number of benzene rings is 1. The monoisotopic (exact) mass is 333 g/mol. The van der Waals surface area contributed by atoms with Crippen molar-refractivity contribution in [2.24, 2.45) is 5.73 Å². The molecule has 1 aromatic carbocycles. The molecule has 0 bridgehead atoms. The highest BCUT2D eigenvalue weighted by Gasteiger charge is 2.14. The quantitative estimate of drug-likeness (QED) is 0.876. The standard InChI is InChI=1S/C12H10BrClFNS/c13-7-4-12(17-6-7)11(16)5-8-9(14)2-1-3-10(8)15/h1-4,6,11H,5,16H2. The molecule has 0 aliphatic heterocycles. The fraction of sp³-hybridized carbons (Fsp3) is 0.167. The van der Waals surface area contributed by atoms with Gasteiger partial charge in [0, 0.05) is 31.4 Å². The first-order chi connectivity index (χ1) is 8.08. The molecule has 1 atom stereocenters. The molecule has 1 nitrogen and oxygen atoms in total. The van der Waals surface area contributed by atoms with E-state index in [0.29, 0.717) is 17.0 Å². The van der Waals surface area contributed by atoms with Crippen LogP contribution in [0.2, 0.25) is 5.02 Å². The van der Waals surface area contributed by atoms with Crippen LogP contribution in [0.1, 0.15) is 16.5 Å². The number of thiophene rings is 1. The zero-order valence-electron chi connectivity index (χ0n) is 8.79. The summed E-state index contributed by atoms with van der Waals surface area (Å²) in [7, 11) is 0. The van der Waals surface area contributed by atoms with Gasteiger partial charge in [-0.25, -0.2) is 4.39 Å². The van der Waals surface area contributed by atoms with Crippen LogP contribution in [0.4, 0.5) is 4.39 Å². The largest absolute Gasteiger partial charge is 0.323 e. The highest BCUT2D eigenvalue weighted by atomic mass is 79.9. The maximum Gasteiger partial charge on any atom is 0.127 e. The summed E-state index contributed by atoms with van der Waals surface area (Å²) in [4.78, 5) is 1.01. The van der Waals surface area contributed by atoms with E-state index in [0.717, 1.165) is 9.35 Å². The third-order valence-electron chi connectivity index (χ3n) is 2.44. The van der Waals surface area contributed by atoms with E-state index in [-0.39, 0.29) is 11.9 Å². The topological polar surface area (TPSA) is 26.0 Å². The summed E-state index contributed by atoms with van der Waals surface area (Å²) in [6.07, 6.45) is 0.401. The normalized spacial score (nSPS) is 12.7. The van der Waals surface area contributed by atoms with Crippen molar-refractivity contribution in [1.29, 1.82) is 0 Å². The Bertz CT molecular complexity index is 509. The molecule has 5 heteroatoms. The Morgan fingerprint density at radius 3 is 2.82 bits per heavy atom. The Labute approximate surface area is 117 Å². The molecule has 0 radical (unpaired) electrons. The summed E-state index contributed by atoms with van der Waals surface area (Å²) in [5.74, 6) is -0.302. The lowest BCUT2D eigenvalue weighted by molar-refractivity contribution is 0.595. The molecule has 1 unspecified atom stereocenters. The van der Waals surface area contributed by atoms with E-state index >= 15 is 0 Å². The fourth-order valence-electron chi connectivity index (χ4n) is 1.57. The van der Waals surface area contributed by atoms with Crippen molar-refractivity contribution in [3.05, 3.63) is 55.4 Å². The summed E-state index contributed by atoms with van der Waals surface area (Å²) in [5, 5.41) is 2.38. The maximum absolute atomic E-state index is 13.6. The van der Waals surface area contributed by atoms with Gasteiger partial charge >= 0.3 is 0 Å². The molecule has 1 heterocycles. The van der Waals surface area contributed by atoms with Crippen molar-refractivity contribution in [2.75, 3.05) is 0 Å². The smallest absolute Gasteiger partial charge is 0.127 e. The van der Waals surface area contributed by atoms with Crippen LogP contribution >= 0.6 is 38.9 Å². The summed E-state index contributed by atoms with van der Waals surface area (Å²) < 4.78 is 14.6. The van der Waals surface area contributed by atoms with E-state index in [1.54, 1.807) is 23.5 Å². The van der Waals surface area contributed by atoms with Gasteiger partial charge in [0.2, 0.25) is 0 Å². The summed E-state index contributed by atoms with van der Waals surface area (Å²) in [5.41, 5.74) is 6.52. The van der Waals surface area contributed by atoms with E-state index in [2.05, 4.69) is 15.9 Å². The first kappa shape index (κ1) is 13.0. The Balaban J connectivity index is 2.21. The number of rotatable bonds is 3. The Kier molecular flexibility index (Phi) is 4.20. The third kappa shape index (κ3) is 3.07. The molecule has 0 aliphatic rings. The summed E-state index contributed by atoms with van der Waals surface area (Å²) >= 11 is 10.9. The van der Waals surface area contributed by atoms with Crippen molar-refractivity contribution in [3.8, 4) is 0 Å². The zero-order valence-corrected chi connectivity index (χ0v) is 11.9. The van der Waals surface area contributed by atoms with E-state index in [9.17, 15) is 4.39 Å². The van der Waals surface area contributed by atoms with Crippen LogP contribution in [0.15, 0.2) is 34.1 Å². The minimum absolute atomic E-state index is 0.235. The number of nitrogens with two attached hydrogens (primary N) is 1. The summed E-state index contributed by atoms with van der Waals surface area (Å²) in [6, 6.07) is 6.38. The molecule has 1 aromatic heterocycles. The fourth-order valence-corrected chi connectivity index (χ4v) is 3.26. The van der Waals surface area contributed by atoms with Crippen LogP contribution in [0.25, 0.3) is 0 Å². The van der Waals surface area contributed by atoms with Crippen molar-refractivity contribution in [2.45, 2.75) is 12.5 Å². The lowest BCUT2D eigenvalue weighted by Crippen LogP contribution is -2.13. The van der Waals surface area contributed by atoms with Gasteiger partial charge in [-0.05, 0) is 40.5 Å². The van der Waals surface area contributed by atoms with Crippen molar-refractivity contribution >= 4 is 38.9 Å². The SMILES string of the molecule is NC(Cc1c(F)cccc1Cl)c1cc(Br)cs1.